The topological polar surface area (TPSA) is 40.6 Å². The van der Waals surface area contributed by atoms with E-state index in [1.54, 1.807) is 18.0 Å². The monoisotopic (exact) mass is 424 g/mol. The lowest BCUT2D eigenvalue weighted by molar-refractivity contribution is -0.135. The summed E-state index contributed by atoms with van der Waals surface area (Å²) in [6, 6.07) is 28.0. The highest BCUT2D eigenvalue weighted by Crippen LogP contribution is 2.33. The van der Waals surface area contributed by atoms with Crippen LogP contribution in [0.4, 0.5) is 0 Å². The van der Waals surface area contributed by atoms with Gasteiger partial charge in [-0.1, -0.05) is 84.9 Å². The molecule has 3 aromatic carbocycles. The van der Waals surface area contributed by atoms with Gasteiger partial charge < -0.3 is 9.80 Å². The van der Waals surface area contributed by atoms with Gasteiger partial charge in [0.2, 0.25) is 11.8 Å². The Morgan fingerprint density at radius 3 is 2.16 bits per heavy atom. The molecular formula is C28H28N2O2. The zero-order valence-electron chi connectivity index (χ0n) is 18.4. The number of nitrogens with zero attached hydrogens (tertiary/aromatic N) is 2. The zero-order valence-corrected chi connectivity index (χ0v) is 18.4. The van der Waals surface area contributed by atoms with Crippen molar-refractivity contribution in [2.75, 3.05) is 6.54 Å². The van der Waals surface area contributed by atoms with E-state index in [1.165, 1.54) is 5.56 Å². The van der Waals surface area contributed by atoms with Crippen LogP contribution in [0.1, 0.15) is 41.6 Å². The van der Waals surface area contributed by atoms with Crippen LogP contribution in [-0.2, 0) is 22.6 Å². The van der Waals surface area contributed by atoms with Crippen LogP contribution in [0.2, 0.25) is 0 Å². The lowest BCUT2D eigenvalue weighted by Crippen LogP contribution is -2.38. The zero-order chi connectivity index (χ0) is 22.3. The van der Waals surface area contributed by atoms with Crippen LogP contribution in [0.3, 0.4) is 0 Å². The van der Waals surface area contributed by atoms with Gasteiger partial charge in [-0.3, -0.25) is 9.59 Å². The van der Waals surface area contributed by atoms with Crippen molar-refractivity contribution in [2.45, 2.75) is 32.4 Å². The number of carbonyl (C=O) groups is 2. The molecule has 0 bridgehead atoms. The summed E-state index contributed by atoms with van der Waals surface area (Å²) in [6.07, 6.45) is 4.78. The number of benzene rings is 3. The van der Waals surface area contributed by atoms with E-state index < -0.39 is 0 Å². The van der Waals surface area contributed by atoms with Crippen LogP contribution in [0.25, 0.3) is 6.08 Å². The summed E-state index contributed by atoms with van der Waals surface area (Å²) in [5.74, 6) is -0.0152. The van der Waals surface area contributed by atoms with Crippen molar-refractivity contribution in [3.05, 3.63) is 113 Å². The number of hydrogen-bond donors (Lipinski definition) is 0. The smallest absolute Gasteiger partial charge is 0.225 e. The Labute approximate surface area is 189 Å². The molecule has 0 radical (unpaired) electrons. The molecule has 0 aliphatic carbocycles. The average Bonchev–Trinajstić information content (AvgIpc) is 2.83. The second kappa shape index (κ2) is 10.1. The lowest BCUT2D eigenvalue weighted by atomic mass is 9.93. The summed E-state index contributed by atoms with van der Waals surface area (Å²) in [5.41, 5.74) is 4.37. The number of amides is 2. The van der Waals surface area contributed by atoms with Crippen LogP contribution in [0.15, 0.2) is 91.1 Å². The van der Waals surface area contributed by atoms with Crippen molar-refractivity contribution in [1.82, 2.24) is 9.80 Å². The van der Waals surface area contributed by atoms with E-state index in [1.807, 2.05) is 83.8 Å². The molecule has 162 valence electrons. The molecule has 0 saturated heterocycles. The van der Waals surface area contributed by atoms with Crippen molar-refractivity contribution in [3.8, 4) is 0 Å². The second-order valence-corrected chi connectivity index (χ2v) is 8.13. The Hall–Kier alpha value is -3.66. The van der Waals surface area contributed by atoms with Crippen molar-refractivity contribution in [2.24, 2.45) is 0 Å². The molecule has 1 aliphatic heterocycles. The number of carbonyl (C=O) groups excluding carboxylic acids is 2. The molecular weight excluding hydrogens is 396 g/mol. The van der Waals surface area contributed by atoms with Gasteiger partial charge in [-0.15, -0.1) is 0 Å². The first-order valence-electron chi connectivity index (χ1n) is 11.0. The maximum absolute atomic E-state index is 13.6. The Morgan fingerprint density at radius 2 is 1.47 bits per heavy atom. The van der Waals surface area contributed by atoms with Gasteiger partial charge in [-0.2, -0.15) is 0 Å². The molecule has 4 heteroatoms. The van der Waals surface area contributed by atoms with Crippen LogP contribution in [0.5, 0.6) is 0 Å². The number of rotatable bonds is 7. The van der Waals surface area contributed by atoms with Crippen molar-refractivity contribution in [1.29, 1.82) is 0 Å². The highest BCUT2D eigenvalue weighted by atomic mass is 16.2. The van der Waals surface area contributed by atoms with E-state index in [-0.39, 0.29) is 24.3 Å². The minimum atomic E-state index is -0.295. The maximum atomic E-state index is 13.6. The van der Waals surface area contributed by atoms with E-state index in [9.17, 15) is 9.59 Å². The molecule has 1 aliphatic rings. The summed E-state index contributed by atoms with van der Waals surface area (Å²) in [7, 11) is 0. The fourth-order valence-corrected chi connectivity index (χ4v) is 4.21. The van der Waals surface area contributed by atoms with Crippen LogP contribution in [-0.4, -0.2) is 28.2 Å². The first-order valence-corrected chi connectivity index (χ1v) is 11.0. The van der Waals surface area contributed by atoms with Gasteiger partial charge in [-0.25, -0.2) is 0 Å². The molecule has 32 heavy (non-hydrogen) atoms. The lowest BCUT2D eigenvalue weighted by Gasteiger charge is -2.34. The summed E-state index contributed by atoms with van der Waals surface area (Å²) in [5, 5.41) is 0. The minimum absolute atomic E-state index is 0.0473. The molecule has 0 aromatic heterocycles. The van der Waals surface area contributed by atoms with E-state index in [4.69, 9.17) is 0 Å². The van der Waals surface area contributed by atoms with E-state index in [0.29, 0.717) is 13.1 Å². The minimum Gasteiger partial charge on any atom is -0.338 e. The fraction of sp³-hybridized carbons (Fsp3) is 0.214. The van der Waals surface area contributed by atoms with Gasteiger partial charge in [0.15, 0.2) is 0 Å². The van der Waals surface area contributed by atoms with Crippen LogP contribution >= 0.6 is 0 Å². The van der Waals surface area contributed by atoms with Gasteiger partial charge in [0.25, 0.3) is 0 Å². The van der Waals surface area contributed by atoms with Crippen LogP contribution in [0, 0.1) is 0 Å². The first-order chi connectivity index (χ1) is 15.6. The van der Waals surface area contributed by atoms with Gasteiger partial charge in [0.05, 0.1) is 12.5 Å². The van der Waals surface area contributed by atoms with E-state index >= 15 is 0 Å². The number of fused-ring (bicyclic) bond motifs is 1. The molecule has 0 fully saturated rings. The van der Waals surface area contributed by atoms with Gasteiger partial charge >= 0.3 is 0 Å². The second-order valence-electron chi connectivity index (χ2n) is 8.13. The summed E-state index contributed by atoms with van der Waals surface area (Å²) in [6.45, 7) is 2.73. The molecule has 1 heterocycles. The van der Waals surface area contributed by atoms with Gasteiger partial charge in [0.1, 0.15) is 0 Å². The average molecular weight is 425 g/mol. The Morgan fingerprint density at radius 1 is 0.844 bits per heavy atom. The molecule has 3 aromatic rings. The van der Waals surface area contributed by atoms with Crippen molar-refractivity contribution >= 4 is 17.9 Å². The molecule has 1 atom stereocenters. The third-order valence-electron chi connectivity index (χ3n) is 5.92. The Kier molecular flexibility index (Phi) is 6.81. The van der Waals surface area contributed by atoms with Gasteiger partial charge in [-0.05, 0) is 34.8 Å². The molecule has 4 nitrogen and oxygen atoms in total. The summed E-state index contributed by atoms with van der Waals surface area (Å²) in [4.78, 5) is 29.5. The van der Waals surface area contributed by atoms with Gasteiger partial charge in [0, 0.05) is 26.2 Å². The predicted molar refractivity (Wildman–Crippen MR) is 127 cm³/mol. The normalized spacial score (nSPS) is 14.7. The summed E-state index contributed by atoms with van der Waals surface area (Å²) < 4.78 is 0. The highest BCUT2D eigenvalue weighted by molar-refractivity contribution is 5.82. The molecule has 2 amide bonds. The highest BCUT2D eigenvalue weighted by Gasteiger charge is 2.29. The third-order valence-corrected chi connectivity index (χ3v) is 5.92. The van der Waals surface area contributed by atoms with Crippen molar-refractivity contribution < 1.29 is 9.59 Å². The Balaban J connectivity index is 1.56. The third kappa shape index (κ3) is 5.14. The predicted octanol–water partition coefficient (Wildman–Crippen LogP) is 5.22. The molecule has 0 spiro atoms. The van der Waals surface area contributed by atoms with E-state index in [2.05, 4.69) is 12.1 Å². The quantitative estimate of drug-likeness (QED) is 0.522. The van der Waals surface area contributed by atoms with Crippen LogP contribution < -0.4 is 0 Å². The standard InChI is InChI=1S/C28H28N2O2/c1-22(31)30-19-17-25-14-8-9-15-26(25)27(30)20-28(32)29(21-24-12-6-3-7-13-24)18-16-23-10-4-2-5-11-23/h2-15,17,19,27H,16,18,20-21H2,1H3. The Bertz CT molecular complexity index is 1090. The van der Waals surface area contributed by atoms with E-state index in [0.717, 1.165) is 23.1 Å². The largest absolute Gasteiger partial charge is 0.338 e. The number of hydrogen-bond acceptors (Lipinski definition) is 2. The maximum Gasteiger partial charge on any atom is 0.225 e. The fourth-order valence-electron chi connectivity index (χ4n) is 4.21. The molecule has 0 saturated carbocycles. The molecule has 0 N–H and O–H groups in total. The molecule has 1 unspecified atom stereocenters. The molecule has 4 rings (SSSR count). The SMILES string of the molecule is CC(=O)N1C=Cc2ccccc2C1CC(=O)N(CCc1ccccc1)Cc1ccccc1. The van der Waals surface area contributed by atoms with Crippen molar-refractivity contribution in [3.63, 3.8) is 0 Å². The summed E-state index contributed by atoms with van der Waals surface area (Å²) >= 11 is 0. The first kappa shape index (κ1) is 21.6.